The summed E-state index contributed by atoms with van der Waals surface area (Å²) in [4.78, 5) is 11.7. The molecule has 0 radical (unpaired) electrons. The number of rotatable bonds is 4. The van der Waals surface area contributed by atoms with Gasteiger partial charge in [0.2, 0.25) is 0 Å². The Morgan fingerprint density at radius 3 is 2.67 bits per heavy atom. The molecule has 0 aliphatic rings. The van der Waals surface area contributed by atoms with Crippen LogP contribution in [-0.4, -0.2) is 6.09 Å². The van der Waals surface area contributed by atoms with E-state index in [4.69, 9.17) is 21.6 Å². The molecule has 0 aliphatic carbocycles. The molecule has 21 heavy (non-hydrogen) atoms. The van der Waals surface area contributed by atoms with Crippen LogP contribution in [-0.2, 0) is 11.3 Å². The number of alkyl carbamates (subject to hydrolysis) is 1. The Hall–Kier alpha value is -2.51. The minimum atomic E-state index is -0.799. The first-order valence-electron chi connectivity index (χ1n) is 6.31. The molecule has 0 bridgehead atoms. The fourth-order valence-corrected chi connectivity index (χ4v) is 1.96. The number of nitriles is 1. The Morgan fingerprint density at radius 1 is 1.24 bits per heavy atom. The number of benzene rings is 2. The van der Waals surface area contributed by atoms with Gasteiger partial charge in [-0.15, -0.1) is 0 Å². The van der Waals surface area contributed by atoms with Crippen molar-refractivity contribution in [1.82, 2.24) is 5.32 Å². The quantitative estimate of drug-likeness (QED) is 0.933. The van der Waals surface area contributed by atoms with Gasteiger partial charge in [-0.25, -0.2) is 4.79 Å². The average molecular weight is 301 g/mol. The van der Waals surface area contributed by atoms with Crippen molar-refractivity contribution in [3.8, 4) is 6.07 Å². The van der Waals surface area contributed by atoms with Crippen molar-refractivity contribution < 1.29 is 9.53 Å². The van der Waals surface area contributed by atoms with Crippen molar-refractivity contribution in [2.24, 2.45) is 0 Å². The zero-order valence-electron chi connectivity index (χ0n) is 11.1. The summed E-state index contributed by atoms with van der Waals surface area (Å²) < 4.78 is 5.08. The van der Waals surface area contributed by atoms with Gasteiger partial charge in [0.1, 0.15) is 12.6 Å². The second-order valence-electron chi connectivity index (χ2n) is 4.32. The highest BCUT2D eigenvalue weighted by Gasteiger charge is 2.14. The van der Waals surface area contributed by atoms with E-state index in [0.717, 1.165) is 5.56 Å². The maximum atomic E-state index is 11.7. The van der Waals surface area contributed by atoms with E-state index in [-0.39, 0.29) is 6.61 Å². The van der Waals surface area contributed by atoms with Gasteiger partial charge in [0.15, 0.2) is 0 Å². The van der Waals surface area contributed by atoms with E-state index in [9.17, 15) is 4.79 Å². The van der Waals surface area contributed by atoms with Crippen LogP contribution in [0.2, 0.25) is 5.02 Å². The maximum Gasteiger partial charge on any atom is 0.408 e. The van der Waals surface area contributed by atoms with E-state index in [1.54, 1.807) is 24.3 Å². The highest BCUT2D eigenvalue weighted by Crippen LogP contribution is 2.17. The number of carbonyl (C=O) groups excluding carboxylic acids is 1. The minimum Gasteiger partial charge on any atom is -0.445 e. The molecular formula is C16H13ClN2O2. The topological polar surface area (TPSA) is 62.1 Å². The number of nitrogens with one attached hydrogen (secondary N) is 1. The summed E-state index contributed by atoms with van der Waals surface area (Å²) in [6, 6.07) is 17.3. The summed E-state index contributed by atoms with van der Waals surface area (Å²) in [7, 11) is 0. The number of amides is 1. The van der Waals surface area contributed by atoms with Gasteiger partial charge < -0.3 is 10.1 Å². The zero-order valence-corrected chi connectivity index (χ0v) is 11.9. The number of nitrogens with zero attached hydrogens (tertiary/aromatic N) is 1. The van der Waals surface area contributed by atoms with E-state index in [2.05, 4.69) is 5.32 Å². The average Bonchev–Trinajstić information content (AvgIpc) is 2.51. The normalized spacial score (nSPS) is 11.2. The second kappa shape index (κ2) is 7.32. The van der Waals surface area contributed by atoms with Crippen LogP contribution in [0.25, 0.3) is 0 Å². The van der Waals surface area contributed by atoms with E-state index < -0.39 is 12.1 Å². The molecule has 2 rings (SSSR count). The minimum absolute atomic E-state index is 0.153. The molecule has 0 aromatic heterocycles. The Balaban J connectivity index is 1.93. The second-order valence-corrected chi connectivity index (χ2v) is 4.76. The molecule has 1 atom stereocenters. The lowest BCUT2D eigenvalue weighted by atomic mass is 10.1. The van der Waals surface area contributed by atoms with Crippen molar-refractivity contribution in [1.29, 1.82) is 5.26 Å². The molecule has 1 amide bonds. The molecule has 0 fully saturated rings. The summed E-state index contributed by atoms with van der Waals surface area (Å²) >= 11 is 5.87. The van der Waals surface area contributed by atoms with Crippen LogP contribution in [0, 0.1) is 11.3 Å². The third-order valence-electron chi connectivity index (χ3n) is 2.79. The molecular weight excluding hydrogens is 288 g/mol. The molecule has 0 spiro atoms. The van der Waals surface area contributed by atoms with Crippen LogP contribution in [0.3, 0.4) is 0 Å². The van der Waals surface area contributed by atoms with Gasteiger partial charge >= 0.3 is 6.09 Å². The predicted molar refractivity (Wildman–Crippen MR) is 79.6 cm³/mol. The lowest BCUT2D eigenvalue weighted by Crippen LogP contribution is -2.28. The van der Waals surface area contributed by atoms with Gasteiger partial charge in [0.05, 0.1) is 6.07 Å². The van der Waals surface area contributed by atoms with Gasteiger partial charge in [-0.3, -0.25) is 0 Å². The van der Waals surface area contributed by atoms with Crippen LogP contribution in [0.4, 0.5) is 4.79 Å². The molecule has 2 aromatic rings. The number of carbonyl (C=O) groups is 1. The van der Waals surface area contributed by atoms with E-state index in [0.29, 0.717) is 10.6 Å². The third kappa shape index (κ3) is 4.51. The first-order valence-corrected chi connectivity index (χ1v) is 6.69. The molecule has 0 aliphatic heterocycles. The lowest BCUT2D eigenvalue weighted by Gasteiger charge is -2.12. The maximum absolute atomic E-state index is 11.7. The van der Waals surface area contributed by atoms with Gasteiger partial charge in [-0.05, 0) is 23.3 Å². The summed E-state index contributed by atoms with van der Waals surface area (Å²) in [6.07, 6.45) is -0.648. The predicted octanol–water partition coefficient (Wildman–Crippen LogP) is 3.83. The molecule has 4 nitrogen and oxygen atoms in total. The Bertz CT molecular complexity index is 653. The highest BCUT2D eigenvalue weighted by atomic mass is 35.5. The monoisotopic (exact) mass is 300 g/mol. The van der Waals surface area contributed by atoms with E-state index in [1.807, 2.05) is 36.4 Å². The fourth-order valence-electron chi connectivity index (χ4n) is 1.76. The number of hydrogen-bond acceptors (Lipinski definition) is 3. The van der Waals surface area contributed by atoms with Gasteiger partial charge in [0.25, 0.3) is 0 Å². The SMILES string of the molecule is N#CC(NC(=O)OCc1ccccc1)c1cccc(Cl)c1. The molecule has 0 heterocycles. The number of halogens is 1. The smallest absolute Gasteiger partial charge is 0.408 e. The van der Waals surface area contributed by atoms with Crippen molar-refractivity contribution in [3.05, 3.63) is 70.7 Å². The van der Waals surface area contributed by atoms with E-state index in [1.165, 1.54) is 0 Å². The van der Waals surface area contributed by atoms with Gasteiger partial charge in [0, 0.05) is 5.02 Å². The summed E-state index contributed by atoms with van der Waals surface area (Å²) in [5.74, 6) is 0. The Morgan fingerprint density at radius 2 is 2.00 bits per heavy atom. The fraction of sp³-hybridized carbons (Fsp3) is 0.125. The number of ether oxygens (including phenoxy) is 1. The molecule has 5 heteroatoms. The van der Waals surface area contributed by atoms with Crippen molar-refractivity contribution in [2.45, 2.75) is 12.6 Å². The van der Waals surface area contributed by atoms with Crippen molar-refractivity contribution >= 4 is 17.7 Å². The molecule has 0 saturated carbocycles. The summed E-state index contributed by atoms with van der Waals surface area (Å²) in [5, 5.41) is 12.1. The van der Waals surface area contributed by atoms with Crippen LogP contribution >= 0.6 is 11.6 Å². The van der Waals surface area contributed by atoms with Crippen LogP contribution in [0.1, 0.15) is 17.2 Å². The first-order chi connectivity index (χ1) is 10.2. The van der Waals surface area contributed by atoms with Crippen molar-refractivity contribution in [3.63, 3.8) is 0 Å². The van der Waals surface area contributed by atoms with Crippen LogP contribution in [0.5, 0.6) is 0 Å². The molecule has 1 N–H and O–H groups in total. The Labute approximate surface area is 127 Å². The molecule has 106 valence electrons. The van der Waals surface area contributed by atoms with Crippen LogP contribution in [0.15, 0.2) is 54.6 Å². The third-order valence-corrected chi connectivity index (χ3v) is 3.02. The molecule has 0 saturated heterocycles. The van der Waals surface area contributed by atoms with Gasteiger partial charge in [-0.1, -0.05) is 54.1 Å². The molecule has 1 unspecified atom stereocenters. The molecule has 2 aromatic carbocycles. The number of hydrogen-bond donors (Lipinski definition) is 1. The van der Waals surface area contributed by atoms with Crippen LogP contribution < -0.4 is 5.32 Å². The Kier molecular flexibility index (Phi) is 5.19. The zero-order chi connectivity index (χ0) is 15.1. The standard InChI is InChI=1S/C16H13ClN2O2/c17-14-8-4-7-13(9-14)15(10-18)19-16(20)21-11-12-5-2-1-3-6-12/h1-9,15H,11H2,(H,19,20). The van der Waals surface area contributed by atoms with Crippen molar-refractivity contribution in [2.75, 3.05) is 0 Å². The van der Waals surface area contributed by atoms with Gasteiger partial charge in [-0.2, -0.15) is 5.26 Å². The summed E-state index contributed by atoms with van der Waals surface area (Å²) in [6.45, 7) is 0.153. The van der Waals surface area contributed by atoms with E-state index >= 15 is 0 Å². The first kappa shape index (κ1) is 14.9. The lowest BCUT2D eigenvalue weighted by molar-refractivity contribution is 0.137. The largest absolute Gasteiger partial charge is 0.445 e. The summed E-state index contributed by atoms with van der Waals surface area (Å²) in [5.41, 5.74) is 1.49. The highest BCUT2D eigenvalue weighted by molar-refractivity contribution is 6.30.